The zero-order valence-electron chi connectivity index (χ0n) is 21.9. The molecule has 0 fully saturated rings. The van der Waals surface area contributed by atoms with Crippen LogP contribution >= 0.6 is 0 Å². The number of carbonyl (C=O) groups is 5. The monoisotopic (exact) mass is 542 g/mol. The second-order valence-corrected chi connectivity index (χ2v) is 8.91. The van der Waals surface area contributed by atoms with Crippen molar-refractivity contribution in [3.8, 4) is 0 Å². The molecular weight excluding hydrogens is 512 g/mol. The highest BCUT2D eigenvalue weighted by Gasteiger charge is 2.21. The van der Waals surface area contributed by atoms with Gasteiger partial charge in [-0.05, 0) is 18.6 Å². The van der Waals surface area contributed by atoms with Crippen LogP contribution in [0.3, 0.4) is 0 Å². The maximum Gasteiger partial charge on any atom is 0.305 e. The number of carboxylic acids is 1. The van der Waals surface area contributed by atoms with Gasteiger partial charge in [0.2, 0.25) is 18.2 Å². The van der Waals surface area contributed by atoms with Crippen molar-refractivity contribution in [1.82, 2.24) is 10.6 Å². The summed E-state index contributed by atoms with van der Waals surface area (Å²) in [7, 11) is 0. The van der Waals surface area contributed by atoms with Gasteiger partial charge in [0.15, 0.2) is 0 Å². The van der Waals surface area contributed by atoms with Crippen LogP contribution in [0.2, 0.25) is 0 Å². The predicted molar refractivity (Wildman–Crippen MR) is 150 cm³/mol. The van der Waals surface area contributed by atoms with E-state index >= 15 is 0 Å². The summed E-state index contributed by atoms with van der Waals surface area (Å²) in [5.41, 5.74) is 2.95. The van der Waals surface area contributed by atoms with Crippen LogP contribution in [0.15, 0.2) is 89.9 Å². The smallest absolute Gasteiger partial charge is 0.305 e. The molecule has 0 saturated heterocycles. The van der Waals surface area contributed by atoms with Crippen molar-refractivity contribution in [3.05, 3.63) is 102 Å². The third-order valence-corrected chi connectivity index (χ3v) is 5.76. The van der Waals surface area contributed by atoms with Crippen LogP contribution in [-0.2, 0) is 30.4 Å². The molecule has 3 rings (SSSR count). The molecule has 0 aromatic heterocycles. The molecule has 0 aliphatic heterocycles. The summed E-state index contributed by atoms with van der Waals surface area (Å²) >= 11 is 0. The largest absolute Gasteiger partial charge is 0.481 e. The van der Waals surface area contributed by atoms with E-state index < -0.39 is 37.0 Å². The van der Waals surface area contributed by atoms with Crippen molar-refractivity contribution in [1.29, 1.82) is 0 Å². The molecule has 10 nitrogen and oxygen atoms in total. The Bertz CT molecular complexity index is 1360. The molecule has 3 amide bonds. The van der Waals surface area contributed by atoms with Gasteiger partial charge in [0.1, 0.15) is 19.0 Å². The Morgan fingerprint density at radius 1 is 0.875 bits per heavy atom. The van der Waals surface area contributed by atoms with E-state index in [1.54, 1.807) is 31.2 Å². The molecule has 0 heterocycles. The van der Waals surface area contributed by atoms with Crippen LogP contribution in [0, 0.1) is 0 Å². The summed E-state index contributed by atoms with van der Waals surface area (Å²) in [6.07, 6.45) is -0.212. The molecule has 0 saturated carbocycles. The lowest BCUT2D eigenvalue weighted by Gasteiger charge is -2.23. The first-order valence-corrected chi connectivity index (χ1v) is 12.5. The van der Waals surface area contributed by atoms with Gasteiger partial charge in [-0.2, -0.15) is 0 Å². The molecule has 3 N–H and O–H groups in total. The van der Waals surface area contributed by atoms with Crippen molar-refractivity contribution in [2.24, 2.45) is 4.99 Å². The predicted octanol–water partition coefficient (Wildman–Crippen LogP) is 2.35. The number of rotatable bonds is 14. The minimum Gasteiger partial charge on any atom is -0.481 e. The van der Waals surface area contributed by atoms with Gasteiger partial charge in [-0.1, -0.05) is 78.9 Å². The molecule has 3 aromatic rings. The average Bonchev–Trinajstić information content (AvgIpc) is 2.95. The fraction of sp³-hybridized carbons (Fsp3) is 0.200. The summed E-state index contributed by atoms with van der Waals surface area (Å²) < 4.78 is 0. The number of carboxylic acid groups (broad SMARTS) is 1. The van der Waals surface area contributed by atoms with Crippen LogP contribution in [0.4, 0.5) is 5.69 Å². The summed E-state index contributed by atoms with van der Waals surface area (Å²) in [6, 6.07) is 24.1. The van der Waals surface area contributed by atoms with Crippen LogP contribution in [0.25, 0.3) is 0 Å². The second-order valence-electron chi connectivity index (χ2n) is 8.91. The molecule has 0 spiro atoms. The highest BCUT2D eigenvalue weighted by Crippen LogP contribution is 2.24. The maximum atomic E-state index is 12.7. The zero-order chi connectivity index (χ0) is 28.9. The van der Waals surface area contributed by atoms with Gasteiger partial charge in [-0.3, -0.25) is 24.2 Å². The van der Waals surface area contributed by atoms with E-state index in [1.807, 2.05) is 60.7 Å². The van der Waals surface area contributed by atoms with Gasteiger partial charge in [-0.15, -0.1) is 0 Å². The molecule has 206 valence electrons. The number of amides is 3. The van der Waals surface area contributed by atoms with Crippen LogP contribution in [0.1, 0.15) is 30.0 Å². The molecule has 40 heavy (non-hydrogen) atoms. The lowest BCUT2D eigenvalue weighted by molar-refractivity contribution is -0.138. The number of nitrogens with one attached hydrogen (secondary N) is 2. The van der Waals surface area contributed by atoms with Gasteiger partial charge >= 0.3 is 5.97 Å². The number of anilines is 1. The molecule has 10 heteroatoms. The van der Waals surface area contributed by atoms with Crippen LogP contribution in [0.5, 0.6) is 0 Å². The number of aldehydes is 1. The summed E-state index contributed by atoms with van der Waals surface area (Å²) in [4.78, 5) is 65.4. The summed E-state index contributed by atoms with van der Waals surface area (Å²) in [5, 5.41) is 14.1. The van der Waals surface area contributed by atoms with Crippen molar-refractivity contribution in [2.75, 3.05) is 11.4 Å². The number of nitrogens with zero attached hydrogens (tertiary/aromatic N) is 2. The highest BCUT2D eigenvalue weighted by molar-refractivity contribution is 6.17. The molecule has 3 aromatic carbocycles. The molecule has 2 unspecified atom stereocenters. The Morgan fingerprint density at radius 2 is 1.50 bits per heavy atom. The van der Waals surface area contributed by atoms with Gasteiger partial charge < -0.3 is 25.4 Å². The van der Waals surface area contributed by atoms with Gasteiger partial charge in [0, 0.05) is 11.1 Å². The van der Waals surface area contributed by atoms with Crippen molar-refractivity contribution >= 4 is 41.9 Å². The molecule has 0 aliphatic rings. The normalized spacial score (nSPS) is 12.5. The first-order valence-electron chi connectivity index (χ1n) is 12.5. The molecule has 0 bridgehead atoms. The molecule has 0 radical (unpaired) electrons. The second kappa shape index (κ2) is 14.7. The maximum absolute atomic E-state index is 12.7. The van der Waals surface area contributed by atoms with E-state index in [4.69, 9.17) is 10.1 Å². The minimum absolute atomic E-state index is 0.190. The Morgan fingerprint density at radius 3 is 2.12 bits per heavy atom. The van der Waals surface area contributed by atoms with Crippen molar-refractivity contribution in [2.45, 2.75) is 32.0 Å². The Balaban J connectivity index is 1.90. The first-order chi connectivity index (χ1) is 19.3. The summed E-state index contributed by atoms with van der Waals surface area (Å²) in [5.74, 6) is -2.16. The van der Waals surface area contributed by atoms with E-state index in [9.17, 15) is 24.0 Å². The van der Waals surface area contributed by atoms with Gasteiger partial charge in [-0.25, -0.2) is 0 Å². The number of benzene rings is 3. The Kier molecular flexibility index (Phi) is 10.8. The van der Waals surface area contributed by atoms with E-state index in [2.05, 4.69) is 10.6 Å². The van der Waals surface area contributed by atoms with Gasteiger partial charge in [0.05, 0.1) is 30.3 Å². The standard InChI is InChI=1S/C30H30N4O6/c1-21(31-27(37)16-22-10-4-2-5-11-22)32-30(23-12-6-3-7-13-23)25-14-8-9-15-26(25)34(20-36)18-28(38)33-24(19-35)17-29(39)40/h2-15,19-21,24H,16-18H2,1H3,(H,31,37)(H,33,38)(H,39,40)/b32-30-. The van der Waals surface area contributed by atoms with E-state index in [0.717, 1.165) is 16.0 Å². The Hall–Kier alpha value is -5.12. The van der Waals surface area contributed by atoms with Crippen molar-refractivity contribution in [3.63, 3.8) is 0 Å². The molecular formula is C30H30N4O6. The summed E-state index contributed by atoms with van der Waals surface area (Å²) in [6.45, 7) is 1.28. The molecule has 2 atom stereocenters. The van der Waals surface area contributed by atoms with Crippen molar-refractivity contribution < 1.29 is 29.1 Å². The fourth-order valence-corrected chi connectivity index (χ4v) is 4.02. The zero-order valence-corrected chi connectivity index (χ0v) is 21.9. The number of hydrogen-bond acceptors (Lipinski definition) is 6. The number of carbonyl (C=O) groups excluding carboxylic acids is 4. The lowest BCUT2D eigenvalue weighted by Crippen LogP contribution is -2.43. The Labute approximate surface area is 231 Å². The number of aliphatic carboxylic acids is 1. The van der Waals surface area contributed by atoms with Crippen LogP contribution in [-0.4, -0.2) is 60.1 Å². The number of para-hydroxylation sites is 1. The average molecular weight is 543 g/mol. The topological polar surface area (TPSA) is 145 Å². The first kappa shape index (κ1) is 29.4. The number of hydrogen-bond donors (Lipinski definition) is 3. The van der Waals surface area contributed by atoms with Gasteiger partial charge in [0.25, 0.3) is 0 Å². The van der Waals surface area contributed by atoms with Crippen LogP contribution < -0.4 is 15.5 Å². The third kappa shape index (κ3) is 8.73. The quantitative estimate of drug-likeness (QED) is 0.211. The lowest BCUT2D eigenvalue weighted by atomic mass is 9.99. The minimum atomic E-state index is -1.25. The number of aliphatic imine (C=N–C) groups is 1. The molecule has 0 aliphatic carbocycles. The van der Waals surface area contributed by atoms with E-state index in [1.165, 1.54) is 0 Å². The fourth-order valence-electron chi connectivity index (χ4n) is 4.02. The third-order valence-electron chi connectivity index (χ3n) is 5.76. The van der Waals surface area contributed by atoms with E-state index in [-0.39, 0.29) is 12.3 Å². The SMILES string of the molecule is CC(/N=C(/c1ccccc1)c1ccccc1N(C=O)CC(=O)NC(C=O)CC(=O)O)NC(=O)Cc1ccccc1. The van der Waals surface area contributed by atoms with E-state index in [0.29, 0.717) is 29.7 Å². The highest BCUT2D eigenvalue weighted by atomic mass is 16.4.